The van der Waals surface area contributed by atoms with Crippen LogP contribution in [0, 0.1) is 5.92 Å². The van der Waals surface area contributed by atoms with Gasteiger partial charge in [-0.3, -0.25) is 0 Å². The normalized spacial score (nSPS) is 11.2. The maximum Gasteiger partial charge on any atom is 0.134 e. The molecule has 86 valence electrons. The van der Waals surface area contributed by atoms with Gasteiger partial charge in [0.15, 0.2) is 0 Å². The highest BCUT2D eigenvalue weighted by atomic mass is 16.5. The summed E-state index contributed by atoms with van der Waals surface area (Å²) < 4.78 is 7.40. The molecule has 0 saturated carbocycles. The van der Waals surface area contributed by atoms with E-state index in [2.05, 4.69) is 18.8 Å². The van der Waals surface area contributed by atoms with E-state index in [-0.39, 0.29) is 6.61 Å². The van der Waals surface area contributed by atoms with Crippen molar-refractivity contribution in [2.24, 2.45) is 5.92 Å². The Hall–Kier alpha value is -0.870. The molecule has 0 unspecified atom stereocenters. The highest BCUT2D eigenvalue weighted by molar-refractivity contribution is 4.89. The van der Waals surface area contributed by atoms with E-state index < -0.39 is 0 Å². The van der Waals surface area contributed by atoms with Gasteiger partial charge in [0.05, 0.1) is 6.61 Å². The van der Waals surface area contributed by atoms with Crippen LogP contribution in [0.5, 0.6) is 0 Å². The Morgan fingerprint density at radius 1 is 1.47 bits per heavy atom. The second-order valence-electron chi connectivity index (χ2n) is 3.99. The van der Waals surface area contributed by atoms with Crippen LogP contribution in [0.2, 0.25) is 0 Å². The van der Waals surface area contributed by atoms with E-state index in [1.54, 1.807) is 6.20 Å². The Labute approximate surface area is 90.9 Å². The summed E-state index contributed by atoms with van der Waals surface area (Å²) in [5.74, 6) is 1.38. The third-order valence-corrected chi connectivity index (χ3v) is 2.26. The zero-order valence-electron chi connectivity index (χ0n) is 9.52. The first-order chi connectivity index (χ1) is 7.24. The summed E-state index contributed by atoms with van der Waals surface area (Å²) in [5, 5.41) is 8.96. The van der Waals surface area contributed by atoms with Crippen LogP contribution in [-0.4, -0.2) is 27.9 Å². The van der Waals surface area contributed by atoms with Gasteiger partial charge in [-0.2, -0.15) is 0 Å². The smallest absolute Gasteiger partial charge is 0.134 e. The summed E-state index contributed by atoms with van der Waals surface area (Å²) in [7, 11) is 0. The summed E-state index contributed by atoms with van der Waals surface area (Å²) in [6.45, 7) is 6.59. The van der Waals surface area contributed by atoms with Gasteiger partial charge in [0, 0.05) is 25.5 Å². The zero-order chi connectivity index (χ0) is 11.1. The number of ether oxygens (including phenoxy) is 1. The predicted octanol–water partition coefficient (Wildman–Crippen LogP) is 1.44. The predicted molar refractivity (Wildman–Crippen MR) is 58.4 cm³/mol. The van der Waals surface area contributed by atoms with Crippen molar-refractivity contribution in [1.29, 1.82) is 0 Å². The molecule has 1 aromatic heterocycles. The SMILES string of the molecule is CC(C)CCOCCn1ccnc1CO. The van der Waals surface area contributed by atoms with Gasteiger partial charge in [-0.15, -0.1) is 0 Å². The molecule has 0 amide bonds. The van der Waals surface area contributed by atoms with Gasteiger partial charge in [0.2, 0.25) is 0 Å². The number of imidazole rings is 1. The molecule has 1 heterocycles. The standard InChI is InChI=1S/C11H20N2O2/c1-10(2)3-7-15-8-6-13-5-4-12-11(13)9-14/h4-5,10,14H,3,6-9H2,1-2H3. The third kappa shape index (κ3) is 4.44. The average molecular weight is 212 g/mol. The molecule has 1 rings (SSSR count). The first-order valence-electron chi connectivity index (χ1n) is 5.42. The summed E-state index contributed by atoms with van der Waals surface area (Å²) in [4.78, 5) is 4.02. The Bertz CT molecular complexity index is 271. The van der Waals surface area contributed by atoms with Gasteiger partial charge in [-0.05, 0) is 12.3 Å². The van der Waals surface area contributed by atoms with E-state index in [1.165, 1.54) is 0 Å². The highest BCUT2D eigenvalue weighted by Crippen LogP contribution is 2.00. The van der Waals surface area contributed by atoms with Gasteiger partial charge in [0.1, 0.15) is 12.4 Å². The van der Waals surface area contributed by atoms with Crippen molar-refractivity contribution >= 4 is 0 Å². The van der Waals surface area contributed by atoms with Crippen molar-refractivity contribution < 1.29 is 9.84 Å². The molecule has 0 bridgehead atoms. The second kappa shape index (κ2) is 6.58. The van der Waals surface area contributed by atoms with Gasteiger partial charge in [-0.25, -0.2) is 4.98 Å². The molecule has 0 radical (unpaired) electrons. The van der Waals surface area contributed by atoms with Crippen LogP contribution in [0.15, 0.2) is 12.4 Å². The number of aliphatic hydroxyl groups excluding tert-OH is 1. The van der Waals surface area contributed by atoms with E-state index in [0.29, 0.717) is 18.3 Å². The Morgan fingerprint density at radius 2 is 2.27 bits per heavy atom. The molecule has 1 N–H and O–H groups in total. The van der Waals surface area contributed by atoms with Crippen LogP contribution in [0.1, 0.15) is 26.1 Å². The number of nitrogens with zero attached hydrogens (tertiary/aromatic N) is 2. The quantitative estimate of drug-likeness (QED) is 0.696. The molecule has 0 fully saturated rings. The molecule has 0 aliphatic rings. The van der Waals surface area contributed by atoms with E-state index in [9.17, 15) is 0 Å². The molecule has 4 heteroatoms. The molecular weight excluding hydrogens is 192 g/mol. The average Bonchev–Trinajstić information content (AvgIpc) is 2.64. The molecule has 0 saturated heterocycles. The summed E-state index contributed by atoms with van der Waals surface area (Å²) in [6, 6.07) is 0. The lowest BCUT2D eigenvalue weighted by molar-refractivity contribution is 0.114. The molecule has 0 aliphatic carbocycles. The first kappa shape index (κ1) is 12.2. The number of aliphatic hydroxyl groups is 1. The lowest BCUT2D eigenvalue weighted by Gasteiger charge is -2.08. The molecule has 4 nitrogen and oxygen atoms in total. The lowest BCUT2D eigenvalue weighted by Crippen LogP contribution is -2.10. The van der Waals surface area contributed by atoms with E-state index in [1.807, 2.05) is 10.8 Å². The van der Waals surface area contributed by atoms with Gasteiger partial charge in [-0.1, -0.05) is 13.8 Å². The van der Waals surface area contributed by atoms with Crippen molar-refractivity contribution in [3.8, 4) is 0 Å². The number of aromatic nitrogens is 2. The Kier molecular flexibility index (Phi) is 5.36. The summed E-state index contributed by atoms with van der Waals surface area (Å²) in [5.41, 5.74) is 0. The fraction of sp³-hybridized carbons (Fsp3) is 0.727. The number of rotatable bonds is 7. The fourth-order valence-corrected chi connectivity index (χ4v) is 1.28. The molecule has 0 spiro atoms. The van der Waals surface area contributed by atoms with Crippen molar-refractivity contribution in [3.63, 3.8) is 0 Å². The third-order valence-electron chi connectivity index (χ3n) is 2.26. The lowest BCUT2D eigenvalue weighted by atomic mass is 10.1. The largest absolute Gasteiger partial charge is 0.388 e. The van der Waals surface area contributed by atoms with Crippen molar-refractivity contribution in [3.05, 3.63) is 18.2 Å². The first-order valence-corrected chi connectivity index (χ1v) is 5.42. The molecule has 0 atom stereocenters. The minimum atomic E-state index is -0.0149. The van der Waals surface area contributed by atoms with Crippen molar-refractivity contribution in [2.45, 2.75) is 33.4 Å². The molecule has 15 heavy (non-hydrogen) atoms. The zero-order valence-corrected chi connectivity index (χ0v) is 9.52. The molecule has 0 aromatic carbocycles. The van der Waals surface area contributed by atoms with E-state index in [0.717, 1.165) is 19.6 Å². The Balaban J connectivity index is 2.15. The number of hydrogen-bond donors (Lipinski definition) is 1. The fourth-order valence-electron chi connectivity index (χ4n) is 1.28. The summed E-state index contributed by atoms with van der Waals surface area (Å²) >= 11 is 0. The van der Waals surface area contributed by atoms with E-state index in [4.69, 9.17) is 9.84 Å². The van der Waals surface area contributed by atoms with Crippen LogP contribution in [0.3, 0.4) is 0 Å². The number of hydrogen-bond acceptors (Lipinski definition) is 3. The van der Waals surface area contributed by atoms with E-state index >= 15 is 0 Å². The van der Waals surface area contributed by atoms with Gasteiger partial charge >= 0.3 is 0 Å². The van der Waals surface area contributed by atoms with Gasteiger partial charge < -0.3 is 14.4 Å². The minimum absolute atomic E-state index is 0.0149. The van der Waals surface area contributed by atoms with Crippen molar-refractivity contribution in [2.75, 3.05) is 13.2 Å². The molecular formula is C11H20N2O2. The maximum absolute atomic E-state index is 8.96. The van der Waals surface area contributed by atoms with Crippen LogP contribution in [0.4, 0.5) is 0 Å². The highest BCUT2D eigenvalue weighted by Gasteiger charge is 2.00. The minimum Gasteiger partial charge on any atom is -0.388 e. The summed E-state index contributed by atoms with van der Waals surface area (Å²) in [6.07, 6.45) is 4.65. The monoisotopic (exact) mass is 212 g/mol. The van der Waals surface area contributed by atoms with Crippen LogP contribution in [0.25, 0.3) is 0 Å². The van der Waals surface area contributed by atoms with Crippen LogP contribution >= 0.6 is 0 Å². The van der Waals surface area contributed by atoms with Crippen LogP contribution in [-0.2, 0) is 17.9 Å². The van der Waals surface area contributed by atoms with Gasteiger partial charge in [0.25, 0.3) is 0 Å². The maximum atomic E-state index is 8.96. The molecule has 0 aliphatic heterocycles. The van der Waals surface area contributed by atoms with Crippen LogP contribution < -0.4 is 0 Å². The Morgan fingerprint density at radius 3 is 2.93 bits per heavy atom. The molecule has 1 aromatic rings. The second-order valence-corrected chi connectivity index (χ2v) is 3.99. The van der Waals surface area contributed by atoms with Crippen molar-refractivity contribution in [1.82, 2.24) is 9.55 Å². The topological polar surface area (TPSA) is 47.3 Å².